The van der Waals surface area contributed by atoms with Crippen LogP contribution in [0.5, 0.6) is 5.75 Å². The van der Waals surface area contributed by atoms with Gasteiger partial charge in [0.2, 0.25) is 10.0 Å². The zero-order chi connectivity index (χ0) is 24.3. The van der Waals surface area contributed by atoms with Crippen molar-refractivity contribution in [3.8, 4) is 5.75 Å². The van der Waals surface area contributed by atoms with Crippen LogP contribution in [0.15, 0.2) is 59.5 Å². The Balaban J connectivity index is 1.47. The molecular formula is C24H22ClNO7S. The number of hydrogen-bond donors (Lipinski definition) is 0. The number of benzene rings is 3. The van der Waals surface area contributed by atoms with Crippen LogP contribution >= 0.6 is 11.6 Å². The largest absolute Gasteiger partial charge is 0.497 e. The molecule has 1 heterocycles. The van der Waals surface area contributed by atoms with Crippen LogP contribution in [0.2, 0.25) is 5.02 Å². The van der Waals surface area contributed by atoms with Crippen molar-refractivity contribution in [1.29, 1.82) is 0 Å². The van der Waals surface area contributed by atoms with Gasteiger partial charge in [-0.2, -0.15) is 4.31 Å². The maximum absolute atomic E-state index is 13.0. The summed E-state index contributed by atoms with van der Waals surface area (Å²) in [4.78, 5) is 25.0. The molecule has 0 spiro atoms. The van der Waals surface area contributed by atoms with Crippen LogP contribution in [-0.4, -0.2) is 64.5 Å². The first-order chi connectivity index (χ1) is 16.3. The average molecular weight is 504 g/mol. The zero-order valence-electron chi connectivity index (χ0n) is 18.3. The number of esters is 1. The molecule has 3 aromatic rings. The Morgan fingerprint density at radius 2 is 1.65 bits per heavy atom. The second-order valence-electron chi connectivity index (χ2n) is 7.59. The minimum atomic E-state index is -3.91. The van der Waals surface area contributed by atoms with Crippen molar-refractivity contribution in [2.75, 3.05) is 40.0 Å². The summed E-state index contributed by atoms with van der Waals surface area (Å²) in [6, 6.07) is 14.5. The Morgan fingerprint density at radius 3 is 2.38 bits per heavy atom. The van der Waals surface area contributed by atoms with Gasteiger partial charge in [0, 0.05) is 18.7 Å². The molecule has 1 fully saturated rings. The standard InChI is InChI=1S/C24H22ClNO7S/c1-31-20-6-4-16-12-18(3-2-17(16)13-20)22(27)15-33-24(28)19-5-7-21(25)23(14-19)34(29,30)26-8-10-32-11-9-26/h2-7,12-14H,8-11,15H2,1H3. The van der Waals surface area contributed by atoms with Crippen molar-refractivity contribution in [1.82, 2.24) is 4.31 Å². The fourth-order valence-corrected chi connectivity index (χ4v) is 5.48. The van der Waals surface area contributed by atoms with E-state index in [1.54, 1.807) is 31.4 Å². The number of sulfonamides is 1. The third kappa shape index (κ3) is 5.07. The summed E-state index contributed by atoms with van der Waals surface area (Å²) in [7, 11) is -2.33. The Bertz CT molecular complexity index is 1350. The molecule has 0 saturated carbocycles. The van der Waals surface area contributed by atoms with Gasteiger partial charge in [0.25, 0.3) is 0 Å². The molecule has 0 radical (unpaired) electrons. The zero-order valence-corrected chi connectivity index (χ0v) is 19.9. The van der Waals surface area contributed by atoms with Crippen LogP contribution < -0.4 is 4.74 Å². The van der Waals surface area contributed by atoms with E-state index in [1.165, 1.54) is 22.5 Å². The number of nitrogens with zero attached hydrogens (tertiary/aromatic N) is 1. The first kappa shape index (κ1) is 24.2. The molecule has 0 aromatic heterocycles. The van der Waals surface area contributed by atoms with E-state index in [0.717, 1.165) is 10.8 Å². The van der Waals surface area contributed by atoms with Crippen molar-refractivity contribution in [2.45, 2.75) is 4.90 Å². The summed E-state index contributed by atoms with van der Waals surface area (Å²) in [6.07, 6.45) is 0. The van der Waals surface area contributed by atoms with E-state index in [-0.39, 0.29) is 47.6 Å². The lowest BCUT2D eigenvalue weighted by Gasteiger charge is -2.26. The highest BCUT2D eigenvalue weighted by molar-refractivity contribution is 7.89. The van der Waals surface area contributed by atoms with Crippen LogP contribution in [0, 0.1) is 0 Å². The fourth-order valence-electron chi connectivity index (χ4n) is 3.58. The van der Waals surface area contributed by atoms with E-state index >= 15 is 0 Å². The molecule has 178 valence electrons. The van der Waals surface area contributed by atoms with Crippen LogP contribution in [-0.2, 0) is 19.5 Å². The maximum atomic E-state index is 13.0. The normalized spacial score (nSPS) is 14.6. The molecule has 0 bridgehead atoms. The number of Topliss-reactive ketones (excluding diaryl/α,β-unsaturated/α-hetero) is 1. The molecule has 4 rings (SSSR count). The molecule has 34 heavy (non-hydrogen) atoms. The first-order valence-corrected chi connectivity index (χ1v) is 12.3. The van der Waals surface area contributed by atoms with Gasteiger partial charge in [-0.15, -0.1) is 0 Å². The van der Waals surface area contributed by atoms with Crippen molar-refractivity contribution in [2.24, 2.45) is 0 Å². The second kappa shape index (κ2) is 10.1. The maximum Gasteiger partial charge on any atom is 0.338 e. The number of ether oxygens (including phenoxy) is 3. The summed E-state index contributed by atoms with van der Waals surface area (Å²) < 4.78 is 42.7. The highest BCUT2D eigenvalue weighted by Crippen LogP contribution is 2.27. The first-order valence-electron chi connectivity index (χ1n) is 10.4. The minimum absolute atomic E-state index is 0.00749. The number of carbonyl (C=O) groups is 2. The molecule has 1 aliphatic heterocycles. The molecule has 0 N–H and O–H groups in total. The van der Waals surface area contributed by atoms with E-state index in [9.17, 15) is 18.0 Å². The van der Waals surface area contributed by atoms with Gasteiger partial charge < -0.3 is 14.2 Å². The van der Waals surface area contributed by atoms with Gasteiger partial charge in [-0.25, -0.2) is 13.2 Å². The molecule has 0 atom stereocenters. The second-order valence-corrected chi connectivity index (χ2v) is 9.90. The molecule has 0 aliphatic carbocycles. The Kier molecular flexibility index (Phi) is 7.18. The molecule has 3 aromatic carbocycles. The molecule has 10 heteroatoms. The summed E-state index contributed by atoms with van der Waals surface area (Å²) in [5.41, 5.74) is 0.367. The van der Waals surface area contributed by atoms with Crippen molar-refractivity contribution >= 4 is 44.1 Å². The Hall–Kier alpha value is -2.98. The monoisotopic (exact) mass is 503 g/mol. The fraction of sp³-hybridized carbons (Fsp3) is 0.250. The lowest BCUT2D eigenvalue weighted by atomic mass is 10.0. The lowest BCUT2D eigenvalue weighted by molar-refractivity contribution is 0.0474. The van der Waals surface area contributed by atoms with Gasteiger partial charge in [0.1, 0.15) is 10.6 Å². The highest BCUT2D eigenvalue weighted by Gasteiger charge is 2.29. The number of methoxy groups -OCH3 is 1. The van der Waals surface area contributed by atoms with E-state index in [0.29, 0.717) is 11.3 Å². The highest BCUT2D eigenvalue weighted by atomic mass is 35.5. The predicted molar refractivity (Wildman–Crippen MR) is 126 cm³/mol. The molecule has 0 unspecified atom stereocenters. The molecule has 1 saturated heterocycles. The van der Waals surface area contributed by atoms with Crippen LogP contribution in [0.4, 0.5) is 0 Å². The quantitative estimate of drug-likeness (QED) is 0.359. The number of fused-ring (bicyclic) bond motifs is 1. The molecule has 1 aliphatic rings. The smallest absolute Gasteiger partial charge is 0.338 e. The van der Waals surface area contributed by atoms with Gasteiger partial charge in [-0.3, -0.25) is 4.79 Å². The van der Waals surface area contributed by atoms with Crippen molar-refractivity contribution in [3.63, 3.8) is 0 Å². The number of halogens is 1. The summed E-state index contributed by atoms with van der Waals surface area (Å²) in [6.45, 7) is 0.460. The number of hydrogen-bond acceptors (Lipinski definition) is 7. The van der Waals surface area contributed by atoms with Gasteiger partial charge >= 0.3 is 5.97 Å². The third-order valence-corrected chi connectivity index (χ3v) is 7.84. The number of carbonyl (C=O) groups excluding carboxylic acids is 2. The van der Waals surface area contributed by atoms with Crippen LogP contribution in [0.25, 0.3) is 10.8 Å². The third-order valence-electron chi connectivity index (χ3n) is 5.46. The van der Waals surface area contributed by atoms with Gasteiger partial charge in [-0.05, 0) is 47.2 Å². The summed E-state index contributed by atoms with van der Waals surface area (Å²) in [5, 5.41) is 1.74. The van der Waals surface area contributed by atoms with E-state index in [2.05, 4.69) is 0 Å². The van der Waals surface area contributed by atoms with E-state index < -0.39 is 22.6 Å². The lowest BCUT2D eigenvalue weighted by Crippen LogP contribution is -2.40. The Labute approximate surface area is 202 Å². The molecule has 8 nitrogen and oxygen atoms in total. The van der Waals surface area contributed by atoms with Crippen LogP contribution in [0.1, 0.15) is 20.7 Å². The van der Waals surface area contributed by atoms with Gasteiger partial charge in [-0.1, -0.05) is 29.8 Å². The number of morpholine rings is 1. The summed E-state index contributed by atoms with van der Waals surface area (Å²) >= 11 is 6.13. The average Bonchev–Trinajstić information content (AvgIpc) is 2.87. The minimum Gasteiger partial charge on any atom is -0.497 e. The van der Waals surface area contributed by atoms with Crippen molar-refractivity contribution in [3.05, 3.63) is 70.7 Å². The molecular weight excluding hydrogens is 482 g/mol. The number of rotatable bonds is 7. The van der Waals surface area contributed by atoms with E-state index in [1.807, 2.05) is 12.1 Å². The summed E-state index contributed by atoms with van der Waals surface area (Å²) in [5.74, 6) is -0.506. The van der Waals surface area contributed by atoms with E-state index in [4.69, 9.17) is 25.8 Å². The number of ketones is 1. The predicted octanol–water partition coefficient (Wildman–Crippen LogP) is 3.56. The van der Waals surface area contributed by atoms with Crippen LogP contribution in [0.3, 0.4) is 0 Å². The van der Waals surface area contributed by atoms with Gasteiger partial charge in [0.15, 0.2) is 12.4 Å². The molecule has 0 amide bonds. The SMILES string of the molecule is COc1ccc2cc(C(=O)COC(=O)c3ccc(Cl)c(S(=O)(=O)N4CCOCC4)c3)ccc2c1. The Morgan fingerprint density at radius 1 is 0.971 bits per heavy atom. The van der Waals surface area contributed by atoms with Gasteiger partial charge in [0.05, 0.1) is 30.9 Å². The van der Waals surface area contributed by atoms with Crippen molar-refractivity contribution < 1.29 is 32.2 Å². The topological polar surface area (TPSA) is 99.2 Å².